The van der Waals surface area contributed by atoms with Crippen LogP contribution in [0.1, 0.15) is 45.4 Å². The van der Waals surface area contributed by atoms with Gasteiger partial charge in [-0.2, -0.15) is 0 Å². The summed E-state index contributed by atoms with van der Waals surface area (Å²) in [6.07, 6.45) is 11.6. The minimum atomic E-state index is 0.962. The van der Waals surface area contributed by atoms with Crippen LogP contribution in [0.2, 0.25) is 0 Å². The van der Waals surface area contributed by atoms with Gasteiger partial charge in [0, 0.05) is 18.4 Å². The zero-order valence-electron chi connectivity index (χ0n) is 11.6. The Bertz CT molecular complexity index is 438. The molecule has 0 aliphatic heterocycles. The van der Waals surface area contributed by atoms with Gasteiger partial charge >= 0.3 is 0 Å². The van der Waals surface area contributed by atoms with E-state index in [1.807, 2.05) is 0 Å². The van der Waals surface area contributed by atoms with Crippen LogP contribution in [0, 0.1) is 0 Å². The smallest absolute Gasteiger partial charge is 0.0625 e. The first-order valence-electron chi connectivity index (χ1n) is 6.89. The van der Waals surface area contributed by atoms with E-state index in [1.165, 1.54) is 30.4 Å². The van der Waals surface area contributed by atoms with E-state index in [0.717, 1.165) is 36.4 Å². The van der Waals surface area contributed by atoms with Crippen LogP contribution in [0.3, 0.4) is 0 Å². The number of nitrogens with zero attached hydrogens (tertiary/aromatic N) is 1. The van der Waals surface area contributed by atoms with Crippen molar-refractivity contribution in [2.75, 3.05) is 7.05 Å². The van der Waals surface area contributed by atoms with Gasteiger partial charge in [0.1, 0.15) is 0 Å². The summed E-state index contributed by atoms with van der Waals surface area (Å²) < 4.78 is 0. The number of nitrogens with two attached hydrogens (primary N) is 1. The summed E-state index contributed by atoms with van der Waals surface area (Å²) in [5.74, 6) is 0. The molecule has 0 aromatic rings. The molecule has 0 saturated carbocycles. The first kappa shape index (κ1) is 13.0. The van der Waals surface area contributed by atoms with E-state index < -0.39 is 0 Å². The normalized spacial score (nSPS) is 20.3. The van der Waals surface area contributed by atoms with Crippen LogP contribution in [0.4, 0.5) is 0 Å². The van der Waals surface area contributed by atoms with Gasteiger partial charge in [0.2, 0.25) is 0 Å². The lowest BCUT2D eigenvalue weighted by Gasteiger charge is -2.31. The van der Waals surface area contributed by atoms with Crippen molar-refractivity contribution in [2.45, 2.75) is 45.4 Å². The lowest BCUT2D eigenvalue weighted by atomic mass is 9.95. The molecule has 0 fully saturated rings. The van der Waals surface area contributed by atoms with Gasteiger partial charge in [-0.25, -0.2) is 0 Å². The third-order valence-corrected chi connectivity index (χ3v) is 3.94. The highest BCUT2D eigenvalue weighted by molar-refractivity contribution is 5.41. The molecular weight excluding hydrogens is 220 g/mol. The van der Waals surface area contributed by atoms with Crippen molar-refractivity contribution in [3.8, 4) is 0 Å². The molecule has 2 nitrogen and oxygen atoms in total. The maximum atomic E-state index is 6.17. The highest BCUT2D eigenvalue weighted by Crippen LogP contribution is 2.31. The molecule has 0 aromatic carbocycles. The molecule has 0 atom stereocenters. The van der Waals surface area contributed by atoms with Gasteiger partial charge < -0.3 is 10.6 Å². The molecular formula is C16H24N2. The molecule has 0 unspecified atom stereocenters. The van der Waals surface area contributed by atoms with Crippen LogP contribution in [-0.4, -0.2) is 11.9 Å². The standard InChI is InChI=1S/C16H24N2/c1-12-8-7-11-15(17)16(12)18(3)13(2)14-9-5-4-6-10-14/h8-9H,2,4-7,10-11,17H2,1,3H3. The molecule has 0 radical (unpaired) electrons. The quantitative estimate of drug-likeness (QED) is 0.817. The lowest BCUT2D eigenvalue weighted by molar-refractivity contribution is 0.510. The van der Waals surface area contributed by atoms with Gasteiger partial charge in [0.15, 0.2) is 0 Å². The van der Waals surface area contributed by atoms with E-state index in [1.54, 1.807) is 0 Å². The summed E-state index contributed by atoms with van der Waals surface area (Å²) in [4.78, 5) is 2.18. The Hall–Kier alpha value is -1.44. The van der Waals surface area contributed by atoms with Crippen LogP contribution in [0.15, 0.2) is 47.0 Å². The SMILES string of the molecule is C=C(C1=CCCCC1)N(C)C1=C(N)CCC=C1C. The number of rotatable bonds is 3. The van der Waals surface area contributed by atoms with Gasteiger partial charge in [-0.15, -0.1) is 0 Å². The zero-order valence-corrected chi connectivity index (χ0v) is 11.6. The fourth-order valence-corrected chi connectivity index (χ4v) is 2.84. The van der Waals surface area contributed by atoms with Crippen LogP contribution < -0.4 is 5.73 Å². The van der Waals surface area contributed by atoms with E-state index in [4.69, 9.17) is 5.73 Å². The fourth-order valence-electron chi connectivity index (χ4n) is 2.84. The topological polar surface area (TPSA) is 29.3 Å². The summed E-state index contributed by atoms with van der Waals surface area (Å²) in [5.41, 5.74) is 12.1. The maximum absolute atomic E-state index is 6.17. The highest BCUT2D eigenvalue weighted by atomic mass is 15.1. The van der Waals surface area contributed by atoms with Crippen LogP contribution >= 0.6 is 0 Å². The average molecular weight is 244 g/mol. The van der Waals surface area contributed by atoms with Gasteiger partial charge in [0.05, 0.1) is 5.70 Å². The minimum Gasteiger partial charge on any atom is -0.400 e. The summed E-state index contributed by atoms with van der Waals surface area (Å²) in [6.45, 7) is 6.40. The Morgan fingerprint density at radius 2 is 2.00 bits per heavy atom. The second-order valence-corrected chi connectivity index (χ2v) is 5.28. The van der Waals surface area contributed by atoms with Crippen LogP contribution in [0.5, 0.6) is 0 Å². The molecule has 18 heavy (non-hydrogen) atoms. The van der Waals surface area contributed by atoms with E-state index >= 15 is 0 Å². The monoisotopic (exact) mass is 244 g/mol. The predicted octanol–water partition coefficient (Wildman–Crippen LogP) is 3.84. The molecule has 2 aliphatic carbocycles. The van der Waals surface area contributed by atoms with Crippen LogP contribution in [-0.2, 0) is 0 Å². The van der Waals surface area contributed by atoms with Crippen molar-refractivity contribution in [3.05, 3.63) is 47.0 Å². The van der Waals surface area contributed by atoms with Crippen molar-refractivity contribution >= 4 is 0 Å². The summed E-state index contributed by atoms with van der Waals surface area (Å²) in [5, 5.41) is 0. The van der Waals surface area contributed by atoms with Gasteiger partial charge in [-0.1, -0.05) is 18.7 Å². The van der Waals surface area contributed by atoms with E-state index in [9.17, 15) is 0 Å². The van der Waals surface area contributed by atoms with Gasteiger partial charge in [-0.3, -0.25) is 0 Å². The second kappa shape index (κ2) is 5.47. The Labute approximate surface area is 111 Å². The Balaban J connectivity index is 2.20. The number of hydrogen-bond acceptors (Lipinski definition) is 2. The Morgan fingerprint density at radius 1 is 1.22 bits per heavy atom. The molecule has 0 bridgehead atoms. The van der Waals surface area contributed by atoms with Crippen molar-refractivity contribution in [1.82, 2.24) is 4.90 Å². The molecule has 0 aromatic heterocycles. The predicted molar refractivity (Wildman–Crippen MR) is 77.7 cm³/mol. The van der Waals surface area contributed by atoms with Gasteiger partial charge in [0.25, 0.3) is 0 Å². The zero-order chi connectivity index (χ0) is 13.1. The average Bonchev–Trinajstić information content (AvgIpc) is 2.38. The third kappa shape index (κ3) is 2.53. The molecule has 2 rings (SSSR count). The molecule has 0 spiro atoms. The van der Waals surface area contributed by atoms with Crippen molar-refractivity contribution in [2.24, 2.45) is 5.73 Å². The minimum absolute atomic E-state index is 0.962. The Morgan fingerprint density at radius 3 is 2.61 bits per heavy atom. The second-order valence-electron chi connectivity index (χ2n) is 5.28. The summed E-state index contributed by atoms with van der Waals surface area (Å²) in [7, 11) is 2.09. The first-order valence-corrected chi connectivity index (χ1v) is 6.89. The molecule has 0 heterocycles. The maximum Gasteiger partial charge on any atom is 0.0625 e. The Kier molecular flexibility index (Phi) is 3.95. The third-order valence-electron chi connectivity index (χ3n) is 3.94. The lowest BCUT2D eigenvalue weighted by Crippen LogP contribution is -2.24. The van der Waals surface area contributed by atoms with Crippen molar-refractivity contribution in [3.63, 3.8) is 0 Å². The van der Waals surface area contributed by atoms with E-state index in [2.05, 4.69) is 37.6 Å². The first-order chi connectivity index (χ1) is 8.61. The fraction of sp³-hybridized carbons (Fsp3) is 0.500. The highest BCUT2D eigenvalue weighted by Gasteiger charge is 2.19. The number of likely N-dealkylation sites (N-methyl/N-ethyl adjacent to an activating group) is 1. The molecule has 0 saturated heterocycles. The summed E-state index contributed by atoms with van der Waals surface area (Å²) >= 11 is 0. The van der Waals surface area contributed by atoms with Crippen LogP contribution in [0.25, 0.3) is 0 Å². The summed E-state index contributed by atoms with van der Waals surface area (Å²) in [6, 6.07) is 0. The number of allylic oxidation sites excluding steroid dienone is 5. The van der Waals surface area contributed by atoms with Crippen molar-refractivity contribution in [1.29, 1.82) is 0 Å². The molecule has 2 aliphatic rings. The largest absolute Gasteiger partial charge is 0.400 e. The molecule has 98 valence electrons. The van der Waals surface area contributed by atoms with E-state index in [0.29, 0.717) is 0 Å². The van der Waals surface area contributed by atoms with Crippen molar-refractivity contribution < 1.29 is 0 Å². The molecule has 2 N–H and O–H groups in total. The molecule has 0 amide bonds. The van der Waals surface area contributed by atoms with Gasteiger partial charge in [-0.05, 0) is 56.6 Å². The number of hydrogen-bond donors (Lipinski definition) is 1. The molecule has 2 heteroatoms. The van der Waals surface area contributed by atoms with E-state index in [-0.39, 0.29) is 0 Å².